The lowest BCUT2D eigenvalue weighted by molar-refractivity contribution is -0.119. The SMILES string of the molecule is CC(C)CCC(C)NC(=O)CSc1nnc(N2CCOCC2)n1CC(C)C. The summed E-state index contributed by atoms with van der Waals surface area (Å²) in [7, 11) is 0. The molecule has 1 aliphatic rings. The van der Waals surface area contributed by atoms with Gasteiger partial charge in [0.05, 0.1) is 19.0 Å². The molecule has 1 aromatic heterocycles. The largest absolute Gasteiger partial charge is 0.378 e. The Morgan fingerprint density at radius 2 is 1.81 bits per heavy atom. The Bertz CT molecular complexity index is 585. The van der Waals surface area contributed by atoms with Gasteiger partial charge in [0.15, 0.2) is 5.16 Å². The van der Waals surface area contributed by atoms with Gasteiger partial charge in [-0.05, 0) is 31.6 Å². The van der Waals surface area contributed by atoms with Crippen LogP contribution in [0, 0.1) is 11.8 Å². The number of carbonyl (C=O) groups is 1. The second-order valence-electron chi connectivity index (χ2n) is 8.11. The molecule has 0 saturated carbocycles. The Morgan fingerprint density at radius 3 is 2.44 bits per heavy atom. The lowest BCUT2D eigenvalue weighted by Crippen LogP contribution is -2.38. The van der Waals surface area contributed by atoms with E-state index >= 15 is 0 Å². The maximum absolute atomic E-state index is 12.3. The maximum atomic E-state index is 12.3. The number of nitrogens with zero attached hydrogens (tertiary/aromatic N) is 4. The number of carbonyl (C=O) groups excluding carboxylic acids is 1. The minimum Gasteiger partial charge on any atom is -0.378 e. The van der Waals surface area contributed by atoms with Crippen LogP contribution in [0.3, 0.4) is 0 Å². The molecular weight excluding hydrogens is 362 g/mol. The van der Waals surface area contributed by atoms with E-state index in [2.05, 4.69) is 59.6 Å². The number of aromatic nitrogens is 3. The molecule has 1 atom stereocenters. The highest BCUT2D eigenvalue weighted by atomic mass is 32.2. The second-order valence-corrected chi connectivity index (χ2v) is 9.06. The number of hydrogen-bond acceptors (Lipinski definition) is 6. The van der Waals surface area contributed by atoms with E-state index in [9.17, 15) is 4.79 Å². The molecule has 1 amide bonds. The Balaban J connectivity index is 1.94. The highest BCUT2D eigenvalue weighted by molar-refractivity contribution is 7.99. The Morgan fingerprint density at radius 1 is 1.11 bits per heavy atom. The monoisotopic (exact) mass is 397 g/mol. The first-order valence-corrected chi connectivity index (χ1v) is 11.0. The van der Waals surface area contributed by atoms with Crippen molar-refractivity contribution in [1.29, 1.82) is 0 Å². The van der Waals surface area contributed by atoms with Crippen molar-refractivity contribution in [2.45, 2.75) is 65.2 Å². The quantitative estimate of drug-likeness (QED) is 0.612. The van der Waals surface area contributed by atoms with Crippen molar-refractivity contribution in [3.8, 4) is 0 Å². The van der Waals surface area contributed by atoms with Crippen molar-refractivity contribution < 1.29 is 9.53 Å². The van der Waals surface area contributed by atoms with Crippen molar-refractivity contribution in [3.63, 3.8) is 0 Å². The fraction of sp³-hybridized carbons (Fsp3) is 0.842. The van der Waals surface area contributed by atoms with Crippen LogP contribution in [-0.4, -0.2) is 58.8 Å². The van der Waals surface area contributed by atoms with Crippen LogP contribution in [-0.2, 0) is 16.1 Å². The van der Waals surface area contributed by atoms with E-state index in [1.807, 2.05) is 0 Å². The molecule has 0 aromatic carbocycles. The summed E-state index contributed by atoms with van der Waals surface area (Å²) in [6, 6.07) is 0.206. The van der Waals surface area contributed by atoms with Gasteiger partial charge in [0, 0.05) is 25.7 Å². The molecule has 154 valence electrons. The van der Waals surface area contributed by atoms with Gasteiger partial charge in [0.25, 0.3) is 0 Å². The van der Waals surface area contributed by atoms with Crippen molar-refractivity contribution in [1.82, 2.24) is 20.1 Å². The summed E-state index contributed by atoms with van der Waals surface area (Å²) < 4.78 is 7.59. The lowest BCUT2D eigenvalue weighted by atomic mass is 10.0. The first-order chi connectivity index (χ1) is 12.9. The van der Waals surface area contributed by atoms with Gasteiger partial charge < -0.3 is 15.0 Å². The fourth-order valence-electron chi connectivity index (χ4n) is 3.01. The molecule has 1 aliphatic heterocycles. The van der Waals surface area contributed by atoms with E-state index in [0.29, 0.717) is 30.8 Å². The van der Waals surface area contributed by atoms with E-state index in [4.69, 9.17) is 4.74 Å². The minimum atomic E-state index is 0.0586. The number of rotatable bonds is 10. The molecule has 0 radical (unpaired) electrons. The van der Waals surface area contributed by atoms with Crippen LogP contribution in [0.5, 0.6) is 0 Å². The van der Waals surface area contributed by atoms with Gasteiger partial charge in [-0.15, -0.1) is 10.2 Å². The van der Waals surface area contributed by atoms with Crippen LogP contribution in [0.2, 0.25) is 0 Å². The van der Waals surface area contributed by atoms with Crippen LogP contribution in [0.15, 0.2) is 5.16 Å². The zero-order valence-corrected chi connectivity index (χ0v) is 18.2. The smallest absolute Gasteiger partial charge is 0.230 e. The number of nitrogens with one attached hydrogen (secondary N) is 1. The predicted molar refractivity (Wildman–Crippen MR) is 110 cm³/mol. The summed E-state index contributed by atoms with van der Waals surface area (Å²) in [5.41, 5.74) is 0. The van der Waals surface area contributed by atoms with E-state index < -0.39 is 0 Å². The molecule has 1 N–H and O–H groups in total. The Labute approximate surface area is 167 Å². The maximum Gasteiger partial charge on any atom is 0.230 e. The molecule has 1 aromatic rings. The molecule has 2 rings (SSSR count). The van der Waals surface area contributed by atoms with E-state index in [1.54, 1.807) is 0 Å². The number of anilines is 1. The van der Waals surface area contributed by atoms with Crippen LogP contribution in [0.1, 0.15) is 47.5 Å². The van der Waals surface area contributed by atoms with Gasteiger partial charge in [-0.25, -0.2) is 0 Å². The molecule has 0 bridgehead atoms. The van der Waals surface area contributed by atoms with Gasteiger partial charge >= 0.3 is 0 Å². The normalized spacial score (nSPS) is 16.2. The summed E-state index contributed by atoms with van der Waals surface area (Å²) in [4.78, 5) is 14.5. The molecule has 1 fully saturated rings. The lowest BCUT2D eigenvalue weighted by Gasteiger charge is -2.28. The number of thioether (sulfide) groups is 1. The van der Waals surface area contributed by atoms with Crippen LogP contribution >= 0.6 is 11.8 Å². The summed E-state index contributed by atoms with van der Waals surface area (Å²) in [6.07, 6.45) is 2.14. The van der Waals surface area contributed by atoms with Crippen LogP contribution in [0.25, 0.3) is 0 Å². The summed E-state index contributed by atoms with van der Waals surface area (Å²) in [5.74, 6) is 2.45. The number of amides is 1. The predicted octanol–water partition coefficient (Wildman–Crippen LogP) is 2.80. The van der Waals surface area contributed by atoms with E-state index in [1.165, 1.54) is 11.8 Å². The molecule has 7 nitrogen and oxygen atoms in total. The molecule has 0 spiro atoms. The number of morpholine rings is 1. The average Bonchev–Trinajstić information content (AvgIpc) is 3.01. The van der Waals surface area contributed by atoms with Crippen LogP contribution < -0.4 is 10.2 Å². The molecular formula is C19H35N5O2S. The van der Waals surface area contributed by atoms with Crippen LogP contribution in [0.4, 0.5) is 5.95 Å². The molecule has 0 aliphatic carbocycles. The molecule has 1 unspecified atom stereocenters. The van der Waals surface area contributed by atoms with Gasteiger partial charge in [0.1, 0.15) is 0 Å². The molecule has 8 heteroatoms. The zero-order chi connectivity index (χ0) is 19.8. The Hall–Kier alpha value is -1.28. The summed E-state index contributed by atoms with van der Waals surface area (Å²) >= 11 is 1.47. The topological polar surface area (TPSA) is 72.3 Å². The third kappa shape index (κ3) is 7.33. The fourth-order valence-corrected chi connectivity index (χ4v) is 3.77. The average molecular weight is 398 g/mol. The summed E-state index contributed by atoms with van der Waals surface area (Å²) in [5, 5.41) is 12.7. The van der Waals surface area contributed by atoms with Crippen molar-refractivity contribution in [3.05, 3.63) is 0 Å². The van der Waals surface area contributed by atoms with Gasteiger partial charge in [-0.3, -0.25) is 9.36 Å². The first kappa shape index (κ1) is 22.0. The standard InChI is InChI=1S/C19H35N5O2S/c1-14(2)6-7-16(5)20-17(25)13-27-19-22-21-18(24(19)12-15(3)4)23-8-10-26-11-9-23/h14-16H,6-13H2,1-5H3,(H,20,25). The number of ether oxygens (including phenoxy) is 1. The van der Waals surface area contributed by atoms with E-state index in [-0.39, 0.29) is 11.9 Å². The minimum absolute atomic E-state index is 0.0586. The van der Waals surface area contributed by atoms with Crippen molar-refractivity contribution in [2.75, 3.05) is 37.0 Å². The van der Waals surface area contributed by atoms with E-state index in [0.717, 1.165) is 43.6 Å². The molecule has 27 heavy (non-hydrogen) atoms. The third-order valence-corrected chi connectivity index (χ3v) is 5.42. The molecule has 2 heterocycles. The Kier molecular flexibility index (Phi) is 8.89. The zero-order valence-electron chi connectivity index (χ0n) is 17.4. The highest BCUT2D eigenvalue weighted by Gasteiger charge is 2.21. The van der Waals surface area contributed by atoms with Gasteiger partial charge in [0.2, 0.25) is 11.9 Å². The third-order valence-electron chi connectivity index (χ3n) is 4.46. The van der Waals surface area contributed by atoms with Gasteiger partial charge in [-0.1, -0.05) is 39.5 Å². The van der Waals surface area contributed by atoms with Crippen molar-refractivity contribution in [2.24, 2.45) is 11.8 Å². The second kappa shape index (κ2) is 10.9. The highest BCUT2D eigenvalue weighted by Crippen LogP contribution is 2.24. The first-order valence-electron chi connectivity index (χ1n) is 10.0. The van der Waals surface area contributed by atoms with Crippen molar-refractivity contribution >= 4 is 23.6 Å². The molecule has 1 saturated heterocycles. The number of hydrogen-bond donors (Lipinski definition) is 1. The summed E-state index contributed by atoms with van der Waals surface area (Å²) in [6.45, 7) is 14.8. The van der Waals surface area contributed by atoms with Gasteiger partial charge in [-0.2, -0.15) is 0 Å².